The van der Waals surface area contributed by atoms with Gasteiger partial charge in [-0.05, 0) is 44.1 Å². The lowest BCUT2D eigenvalue weighted by Gasteiger charge is -2.18. The molecule has 2 heterocycles. The summed E-state index contributed by atoms with van der Waals surface area (Å²) in [4.78, 5) is 4.23. The fourth-order valence-electron chi connectivity index (χ4n) is 2.45. The topological polar surface area (TPSA) is 51.0 Å². The summed E-state index contributed by atoms with van der Waals surface area (Å²) in [5.41, 5.74) is -0.666. The van der Waals surface area contributed by atoms with Crippen molar-refractivity contribution >= 4 is 11.6 Å². The van der Waals surface area contributed by atoms with Crippen molar-refractivity contribution < 1.29 is 17.7 Å². The maximum atomic E-state index is 12.8. The summed E-state index contributed by atoms with van der Waals surface area (Å²) in [5, 5.41) is 7.17. The van der Waals surface area contributed by atoms with Crippen LogP contribution in [-0.4, -0.2) is 23.2 Å². The molecule has 0 radical (unpaired) electrons. The molecule has 0 saturated carbocycles. The molecule has 1 aromatic heterocycles. The minimum atomic E-state index is -4.44. The Hall–Kier alpha value is -1.60. The molecule has 1 aliphatic rings. The van der Waals surface area contributed by atoms with Gasteiger partial charge in [-0.2, -0.15) is 18.2 Å². The molecule has 8 heteroatoms. The van der Waals surface area contributed by atoms with Gasteiger partial charge in [0.05, 0.1) is 10.6 Å². The highest BCUT2D eigenvalue weighted by Gasteiger charge is 2.31. The van der Waals surface area contributed by atoms with E-state index in [0.29, 0.717) is 5.89 Å². The van der Waals surface area contributed by atoms with Gasteiger partial charge in [0, 0.05) is 11.5 Å². The van der Waals surface area contributed by atoms with Gasteiger partial charge < -0.3 is 9.84 Å². The zero-order valence-electron chi connectivity index (χ0n) is 11.5. The zero-order valence-corrected chi connectivity index (χ0v) is 12.2. The molecule has 1 saturated heterocycles. The molecule has 1 fully saturated rings. The molecule has 3 rings (SSSR count). The zero-order chi connectivity index (χ0) is 15.7. The first-order valence-electron chi connectivity index (χ1n) is 6.86. The van der Waals surface area contributed by atoms with E-state index in [1.807, 2.05) is 0 Å². The second-order valence-corrected chi connectivity index (χ2v) is 5.58. The number of hydrogen-bond donors (Lipinski definition) is 1. The molecular weight excluding hydrogens is 319 g/mol. The number of nitrogens with zero attached hydrogens (tertiary/aromatic N) is 2. The summed E-state index contributed by atoms with van der Waals surface area (Å²) in [6.07, 6.45) is -2.73. The van der Waals surface area contributed by atoms with Crippen LogP contribution in [0.2, 0.25) is 5.02 Å². The van der Waals surface area contributed by atoms with Crippen molar-refractivity contribution in [3.8, 4) is 11.4 Å². The lowest BCUT2D eigenvalue weighted by Crippen LogP contribution is -2.26. The quantitative estimate of drug-likeness (QED) is 0.907. The number of hydrogen-bond acceptors (Lipinski definition) is 4. The monoisotopic (exact) mass is 331 g/mol. The fourth-order valence-corrected chi connectivity index (χ4v) is 2.65. The highest BCUT2D eigenvalue weighted by Crippen LogP contribution is 2.35. The van der Waals surface area contributed by atoms with Gasteiger partial charge in [-0.1, -0.05) is 16.8 Å². The van der Waals surface area contributed by atoms with E-state index in [0.717, 1.165) is 38.1 Å². The Bertz CT molecular complexity index is 666. The molecule has 0 amide bonds. The van der Waals surface area contributed by atoms with E-state index in [2.05, 4.69) is 15.5 Å². The van der Waals surface area contributed by atoms with Crippen LogP contribution in [0.5, 0.6) is 0 Å². The van der Waals surface area contributed by atoms with E-state index < -0.39 is 11.7 Å². The van der Waals surface area contributed by atoms with E-state index in [1.165, 1.54) is 6.07 Å². The molecule has 1 aromatic carbocycles. The summed E-state index contributed by atoms with van der Waals surface area (Å²) < 4.78 is 43.6. The first kappa shape index (κ1) is 15.3. The number of nitrogens with one attached hydrogen (secondary N) is 1. The van der Waals surface area contributed by atoms with Crippen molar-refractivity contribution in [3.63, 3.8) is 0 Å². The lowest BCUT2D eigenvalue weighted by atomic mass is 9.98. The Morgan fingerprint density at radius 2 is 1.95 bits per heavy atom. The normalized spacial score (nSPS) is 16.9. The van der Waals surface area contributed by atoms with Gasteiger partial charge in [0.15, 0.2) is 0 Å². The molecule has 0 unspecified atom stereocenters. The lowest BCUT2D eigenvalue weighted by molar-refractivity contribution is -0.137. The van der Waals surface area contributed by atoms with Crippen LogP contribution in [0.4, 0.5) is 13.2 Å². The molecular formula is C14H13ClF3N3O. The predicted molar refractivity (Wildman–Crippen MR) is 74.6 cm³/mol. The Balaban J connectivity index is 1.92. The van der Waals surface area contributed by atoms with E-state index >= 15 is 0 Å². The fraction of sp³-hybridized carbons (Fsp3) is 0.429. The standard InChI is InChI=1S/C14H13ClF3N3O/c15-11-2-1-9(14(16,17)18)7-10(11)12-20-13(22-21-12)8-3-5-19-6-4-8/h1-2,7-8,19H,3-6H2. The second-order valence-electron chi connectivity index (χ2n) is 5.17. The van der Waals surface area contributed by atoms with Crippen molar-refractivity contribution in [2.45, 2.75) is 24.9 Å². The van der Waals surface area contributed by atoms with Gasteiger partial charge in [0.1, 0.15) is 0 Å². The summed E-state index contributed by atoms with van der Waals surface area (Å²) in [6.45, 7) is 1.71. The van der Waals surface area contributed by atoms with Crippen LogP contribution in [0, 0.1) is 0 Å². The predicted octanol–water partition coefficient (Wildman–Crippen LogP) is 3.88. The molecule has 0 atom stereocenters. The number of aromatic nitrogens is 2. The number of halogens is 4. The average Bonchev–Trinajstić information content (AvgIpc) is 2.97. The Kier molecular flexibility index (Phi) is 4.10. The van der Waals surface area contributed by atoms with Crippen LogP contribution < -0.4 is 5.32 Å². The van der Waals surface area contributed by atoms with E-state index in [9.17, 15) is 13.2 Å². The van der Waals surface area contributed by atoms with Crippen LogP contribution in [0.15, 0.2) is 22.7 Å². The number of piperidine rings is 1. The van der Waals surface area contributed by atoms with Gasteiger partial charge in [-0.3, -0.25) is 0 Å². The Morgan fingerprint density at radius 1 is 1.23 bits per heavy atom. The summed E-state index contributed by atoms with van der Waals surface area (Å²) >= 11 is 5.98. The average molecular weight is 332 g/mol. The largest absolute Gasteiger partial charge is 0.416 e. The van der Waals surface area contributed by atoms with Crippen molar-refractivity contribution in [2.75, 3.05) is 13.1 Å². The highest BCUT2D eigenvalue weighted by atomic mass is 35.5. The van der Waals surface area contributed by atoms with Crippen molar-refractivity contribution in [1.82, 2.24) is 15.5 Å². The highest BCUT2D eigenvalue weighted by molar-refractivity contribution is 6.33. The van der Waals surface area contributed by atoms with Crippen LogP contribution in [0.25, 0.3) is 11.4 Å². The Morgan fingerprint density at radius 3 is 2.64 bits per heavy atom. The maximum Gasteiger partial charge on any atom is 0.416 e. The first-order valence-corrected chi connectivity index (χ1v) is 7.24. The third-order valence-electron chi connectivity index (χ3n) is 3.66. The molecule has 0 bridgehead atoms. The van der Waals surface area contributed by atoms with Crippen LogP contribution in [0.1, 0.15) is 30.2 Å². The summed E-state index contributed by atoms with van der Waals surface area (Å²) in [7, 11) is 0. The van der Waals surface area contributed by atoms with Gasteiger partial charge >= 0.3 is 6.18 Å². The smallest absolute Gasteiger partial charge is 0.339 e. The third kappa shape index (κ3) is 3.10. The second kappa shape index (κ2) is 5.89. The van der Waals surface area contributed by atoms with Crippen molar-refractivity contribution in [1.29, 1.82) is 0 Å². The summed E-state index contributed by atoms with van der Waals surface area (Å²) in [5.74, 6) is 0.668. The minimum Gasteiger partial charge on any atom is -0.339 e. The Labute approximate surface area is 129 Å². The van der Waals surface area contributed by atoms with Crippen molar-refractivity contribution in [3.05, 3.63) is 34.7 Å². The third-order valence-corrected chi connectivity index (χ3v) is 3.99. The maximum absolute atomic E-state index is 12.8. The molecule has 2 aromatic rings. The summed E-state index contributed by atoms with van der Waals surface area (Å²) in [6, 6.07) is 3.07. The first-order chi connectivity index (χ1) is 10.4. The molecule has 4 nitrogen and oxygen atoms in total. The SMILES string of the molecule is FC(F)(F)c1ccc(Cl)c(-c2noc(C3CCNCC3)n2)c1. The molecule has 0 spiro atoms. The van der Waals surface area contributed by atoms with Crippen LogP contribution in [-0.2, 0) is 6.18 Å². The van der Waals surface area contributed by atoms with Crippen molar-refractivity contribution in [2.24, 2.45) is 0 Å². The van der Waals surface area contributed by atoms with Gasteiger partial charge in [0.2, 0.25) is 11.7 Å². The van der Waals surface area contributed by atoms with E-state index in [1.54, 1.807) is 0 Å². The van der Waals surface area contributed by atoms with Gasteiger partial charge in [-0.25, -0.2) is 0 Å². The number of benzene rings is 1. The molecule has 0 aliphatic carbocycles. The van der Waals surface area contributed by atoms with E-state index in [-0.39, 0.29) is 22.3 Å². The molecule has 1 N–H and O–H groups in total. The van der Waals surface area contributed by atoms with E-state index in [4.69, 9.17) is 16.1 Å². The van der Waals surface area contributed by atoms with Crippen LogP contribution in [0.3, 0.4) is 0 Å². The molecule has 118 valence electrons. The van der Waals surface area contributed by atoms with Crippen LogP contribution >= 0.6 is 11.6 Å². The molecule has 22 heavy (non-hydrogen) atoms. The van der Waals surface area contributed by atoms with Gasteiger partial charge in [-0.15, -0.1) is 0 Å². The van der Waals surface area contributed by atoms with Gasteiger partial charge in [0.25, 0.3) is 0 Å². The number of alkyl halides is 3. The number of rotatable bonds is 2. The molecule has 1 aliphatic heterocycles. The minimum absolute atomic E-state index is 0.0876.